The molecule has 0 saturated carbocycles. The summed E-state index contributed by atoms with van der Waals surface area (Å²) < 4.78 is 0. The summed E-state index contributed by atoms with van der Waals surface area (Å²) in [7, 11) is 0. The van der Waals surface area contributed by atoms with Crippen LogP contribution in [0.4, 0.5) is 0 Å². The van der Waals surface area contributed by atoms with Crippen LogP contribution < -0.4 is 5.32 Å². The van der Waals surface area contributed by atoms with Crippen LogP contribution in [0.25, 0.3) is 0 Å². The highest BCUT2D eigenvalue weighted by Gasteiger charge is 2.20. The maximum absolute atomic E-state index is 12.4. The van der Waals surface area contributed by atoms with Gasteiger partial charge in [0.05, 0.1) is 18.8 Å². The molecule has 4 nitrogen and oxygen atoms in total. The van der Waals surface area contributed by atoms with E-state index in [2.05, 4.69) is 79.9 Å². The molecule has 0 radical (unpaired) electrons. The van der Waals surface area contributed by atoms with Gasteiger partial charge in [-0.15, -0.1) is 0 Å². The molecule has 0 heterocycles. The Balaban J connectivity index is 3.58. The summed E-state index contributed by atoms with van der Waals surface area (Å²) in [5.41, 5.74) is 0. The highest BCUT2D eigenvalue weighted by atomic mass is 16.3. The summed E-state index contributed by atoms with van der Waals surface area (Å²) in [5, 5.41) is 23.2. The molecule has 2 atom stereocenters. The number of hydrogen-bond acceptors (Lipinski definition) is 3. The van der Waals surface area contributed by atoms with Crippen molar-refractivity contribution in [3.8, 4) is 0 Å². The quantitative estimate of drug-likeness (QED) is 0.0432. The summed E-state index contributed by atoms with van der Waals surface area (Å²) in [6, 6.07) is -0.550. The number of allylic oxidation sites excluding steroid dienone is 10. The molecule has 0 fully saturated rings. The maximum atomic E-state index is 12.4. The number of amides is 1. The van der Waals surface area contributed by atoms with E-state index in [1.54, 1.807) is 0 Å². The maximum Gasteiger partial charge on any atom is 0.220 e. The Kier molecular flexibility index (Phi) is 42.9. The van der Waals surface area contributed by atoms with Gasteiger partial charge in [0.15, 0.2) is 0 Å². The predicted octanol–water partition coefficient (Wildman–Crippen LogP) is 14.5. The Labute approximate surface area is 330 Å². The van der Waals surface area contributed by atoms with Crippen molar-refractivity contribution in [1.82, 2.24) is 5.32 Å². The lowest BCUT2D eigenvalue weighted by atomic mass is 10.0. The molecule has 4 heteroatoms. The molecular formula is C49H89NO3. The van der Waals surface area contributed by atoms with Crippen LogP contribution in [0.5, 0.6) is 0 Å². The van der Waals surface area contributed by atoms with Gasteiger partial charge in [-0.1, -0.05) is 222 Å². The Morgan fingerprint density at radius 2 is 0.830 bits per heavy atom. The third-order valence-electron chi connectivity index (χ3n) is 10.3. The van der Waals surface area contributed by atoms with Gasteiger partial charge in [-0.3, -0.25) is 4.79 Å². The van der Waals surface area contributed by atoms with E-state index in [1.165, 1.54) is 128 Å². The van der Waals surface area contributed by atoms with E-state index in [1.807, 2.05) is 0 Å². The van der Waals surface area contributed by atoms with Gasteiger partial charge in [0.25, 0.3) is 0 Å². The van der Waals surface area contributed by atoms with Crippen molar-refractivity contribution in [3.63, 3.8) is 0 Å². The van der Waals surface area contributed by atoms with Gasteiger partial charge in [-0.25, -0.2) is 0 Å². The largest absolute Gasteiger partial charge is 0.394 e. The number of nitrogens with one attached hydrogen (secondary N) is 1. The van der Waals surface area contributed by atoms with Gasteiger partial charge in [0.2, 0.25) is 5.91 Å². The lowest BCUT2D eigenvalue weighted by Gasteiger charge is -2.22. The Bertz CT molecular complexity index is 888. The molecule has 53 heavy (non-hydrogen) atoms. The molecule has 0 bridgehead atoms. The van der Waals surface area contributed by atoms with Crippen molar-refractivity contribution < 1.29 is 15.0 Å². The zero-order chi connectivity index (χ0) is 38.6. The average Bonchev–Trinajstić information content (AvgIpc) is 3.16. The van der Waals surface area contributed by atoms with Crippen LogP contribution in [0.3, 0.4) is 0 Å². The fourth-order valence-electron chi connectivity index (χ4n) is 6.80. The summed E-state index contributed by atoms with van der Waals surface area (Å²) in [4.78, 5) is 12.4. The summed E-state index contributed by atoms with van der Waals surface area (Å²) >= 11 is 0. The van der Waals surface area contributed by atoms with Crippen LogP contribution in [0, 0.1) is 0 Å². The minimum absolute atomic E-state index is 0.0506. The number of carbonyl (C=O) groups excluding carboxylic acids is 1. The molecule has 0 aliphatic carbocycles. The van der Waals surface area contributed by atoms with Gasteiger partial charge in [-0.2, -0.15) is 0 Å². The third-order valence-corrected chi connectivity index (χ3v) is 10.3. The van der Waals surface area contributed by atoms with E-state index in [4.69, 9.17) is 0 Å². The monoisotopic (exact) mass is 740 g/mol. The van der Waals surface area contributed by atoms with Crippen molar-refractivity contribution in [1.29, 1.82) is 0 Å². The second kappa shape index (κ2) is 44.5. The first-order valence-corrected chi connectivity index (χ1v) is 23.0. The minimum atomic E-state index is -0.671. The van der Waals surface area contributed by atoms with Crippen LogP contribution in [0.2, 0.25) is 0 Å². The average molecular weight is 740 g/mol. The zero-order valence-electron chi connectivity index (χ0n) is 35.3. The van der Waals surface area contributed by atoms with Gasteiger partial charge < -0.3 is 15.5 Å². The highest BCUT2D eigenvalue weighted by Crippen LogP contribution is 2.16. The number of aliphatic hydroxyl groups is 2. The Hall–Kier alpha value is -1.91. The molecule has 1 amide bonds. The fraction of sp³-hybridized carbons (Fsp3) is 0.776. The smallest absolute Gasteiger partial charge is 0.220 e. The van der Waals surface area contributed by atoms with E-state index in [0.717, 1.165) is 70.6 Å². The van der Waals surface area contributed by atoms with Gasteiger partial charge in [-0.05, 0) is 57.8 Å². The van der Waals surface area contributed by atoms with Crippen molar-refractivity contribution in [3.05, 3.63) is 60.8 Å². The fourth-order valence-corrected chi connectivity index (χ4v) is 6.80. The topological polar surface area (TPSA) is 69.6 Å². The number of unbranched alkanes of at least 4 members (excludes halogenated alkanes) is 24. The van der Waals surface area contributed by atoms with Crippen LogP contribution in [-0.4, -0.2) is 34.9 Å². The van der Waals surface area contributed by atoms with E-state index < -0.39 is 12.1 Å². The molecule has 0 spiro atoms. The summed E-state index contributed by atoms with van der Waals surface area (Å²) in [5.74, 6) is -0.0506. The number of aliphatic hydroxyl groups excluding tert-OH is 2. The second-order valence-electron chi connectivity index (χ2n) is 15.4. The van der Waals surface area contributed by atoms with Crippen LogP contribution >= 0.6 is 0 Å². The van der Waals surface area contributed by atoms with Crippen molar-refractivity contribution >= 4 is 5.91 Å². The van der Waals surface area contributed by atoms with E-state index in [0.29, 0.717) is 12.8 Å². The standard InChI is InChI=1S/C49H89NO3/c1-3-5-7-9-11-13-15-17-19-21-23-25-27-29-31-33-35-37-39-41-43-45-49(53)50-47(46-51)48(52)44-42-40-38-36-34-32-30-28-26-24-22-20-18-16-14-12-10-8-6-4-2/h5,7,11,13,17,19,23,25,29,31,47-48,51-52H,3-4,6,8-10,12,14-16,18,20-22,24,26-28,30,32-46H2,1-2H3,(H,50,53)/b7-5-,13-11-,19-17-,25-23-,31-29-. The first-order valence-electron chi connectivity index (χ1n) is 23.0. The third kappa shape index (κ3) is 41.1. The molecule has 0 aliphatic heterocycles. The molecular weight excluding hydrogens is 651 g/mol. The van der Waals surface area contributed by atoms with E-state index in [9.17, 15) is 15.0 Å². The highest BCUT2D eigenvalue weighted by molar-refractivity contribution is 5.76. The molecule has 3 N–H and O–H groups in total. The van der Waals surface area contributed by atoms with Crippen molar-refractivity contribution in [2.24, 2.45) is 0 Å². The molecule has 0 aromatic rings. The van der Waals surface area contributed by atoms with Crippen molar-refractivity contribution in [2.75, 3.05) is 6.61 Å². The summed E-state index contributed by atoms with van der Waals surface area (Å²) in [6.07, 6.45) is 61.6. The SMILES string of the molecule is CC/C=C\C/C=C\C/C=C\C/C=C\C/C=C\CCCCCCCC(=O)NC(CO)C(O)CCCCCCCCCCCCCCCCCCCCCC. The van der Waals surface area contributed by atoms with Crippen LogP contribution in [0.1, 0.15) is 226 Å². The predicted molar refractivity (Wildman–Crippen MR) is 234 cm³/mol. The summed E-state index contributed by atoms with van der Waals surface area (Å²) in [6.45, 7) is 4.24. The second-order valence-corrected chi connectivity index (χ2v) is 15.4. The van der Waals surface area contributed by atoms with E-state index in [-0.39, 0.29) is 12.5 Å². The Morgan fingerprint density at radius 3 is 1.25 bits per heavy atom. The molecule has 0 aliphatic rings. The molecule has 0 saturated heterocycles. The number of carbonyl (C=O) groups is 1. The number of hydrogen-bond donors (Lipinski definition) is 3. The molecule has 0 rings (SSSR count). The van der Waals surface area contributed by atoms with Gasteiger partial charge >= 0.3 is 0 Å². The first-order chi connectivity index (χ1) is 26.2. The van der Waals surface area contributed by atoms with Gasteiger partial charge in [0.1, 0.15) is 0 Å². The number of rotatable bonds is 41. The zero-order valence-corrected chi connectivity index (χ0v) is 35.3. The minimum Gasteiger partial charge on any atom is -0.394 e. The normalized spacial score (nSPS) is 13.5. The lowest BCUT2D eigenvalue weighted by molar-refractivity contribution is -0.123. The van der Waals surface area contributed by atoms with E-state index >= 15 is 0 Å². The van der Waals surface area contributed by atoms with Crippen LogP contribution in [-0.2, 0) is 4.79 Å². The molecule has 0 aromatic heterocycles. The first kappa shape index (κ1) is 51.1. The Morgan fingerprint density at radius 1 is 0.472 bits per heavy atom. The molecule has 2 unspecified atom stereocenters. The lowest BCUT2D eigenvalue weighted by Crippen LogP contribution is -2.45. The van der Waals surface area contributed by atoms with Gasteiger partial charge in [0, 0.05) is 6.42 Å². The molecule has 0 aromatic carbocycles. The van der Waals surface area contributed by atoms with Crippen LogP contribution in [0.15, 0.2) is 60.8 Å². The van der Waals surface area contributed by atoms with Crippen molar-refractivity contribution in [2.45, 2.75) is 238 Å². The molecule has 308 valence electrons.